The van der Waals surface area contributed by atoms with Crippen molar-refractivity contribution >= 4 is 23.3 Å². The summed E-state index contributed by atoms with van der Waals surface area (Å²) in [5.41, 5.74) is 0.688. The van der Waals surface area contributed by atoms with Gasteiger partial charge < -0.3 is 24.4 Å². The Hall–Kier alpha value is -2.67. The third kappa shape index (κ3) is 4.29. The fourth-order valence-electron chi connectivity index (χ4n) is 2.36. The highest BCUT2D eigenvalue weighted by Crippen LogP contribution is 2.40. The minimum Gasteiger partial charge on any atom is -0.493 e. The van der Waals surface area contributed by atoms with Gasteiger partial charge in [-0.1, -0.05) is 17.7 Å². The zero-order valence-electron chi connectivity index (χ0n) is 14.9. The van der Waals surface area contributed by atoms with Crippen molar-refractivity contribution in [2.24, 2.45) is 0 Å². The Bertz CT molecular complexity index is 756. The third-order valence-corrected chi connectivity index (χ3v) is 4.07. The van der Waals surface area contributed by atoms with Crippen molar-refractivity contribution in [3.8, 4) is 17.2 Å². The van der Waals surface area contributed by atoms with Gasteiger partial charge in [-0.3, -0.25) is 0 Å². The summed E-state index contributed by atoms with van der Waals surface area (Å²) in [5, 5.41) is 2.97. The van der Waals surface area contributed by atoms with Crippen LogP contribution >= 0.6 is 11.6 Å². The van der Waals surface area contributed by atoms with Gasteiger partial charge in [0.25, 0.3) is 0 Å². The lowest BCUT2D eigenvalue weighted by atomic mass is 10.2. The lowest BCUT2D eigenvalue weighted by Gasteiger charge is -2.20. The Morgan fingerprint density at radius 1 is 1.15 bits per heavy atom. The first-order valence-corrected chi connectivity index (χ1v) is 8.04. The molecule has 0 aliphatic heterocycles. The second-order valence-electron chi connectivity index (χ2n) is 5.40. The highest BCUT2D eigenvalue weighted by molar-refractivity contribution is 6.31. The van der Waals surface area contributed by atoms with E-state index in [1.54, 1.807) is 18.2 Å². The fourth-order valence-corrected chi connectivity index (χ4v) is 2.59. The minimum absolute atomic E-state index is 0.0156. The standard InChI is InChI=1S/C18H20ClFN2O4/c1-22(10-12-13(19)6-5-7-14(12)20)18(23)21-11-8-15(24-2)17(26-4)16(9-11)25-3/h5-9H,10H2,1-4H3,(H,21,23). The number of urea groups is 1. The second-order valence-corrected chi connectivity index (χ2v) is 5.81. The van der Waals surface area contributed by atoms with Crippen LogP contribution in [-0.2, 0) is 6.54 Å². The molecule has 0 spiro atoms. The van der Waals surface area contributed by atoms with Crippen molar-refractivity contribution in [1.29, 1.82) is 0 Å². The van der Waals surface area contributed by atoms with Crippen LogP contribution in [0.5, 0.6) is 17.2 Å². The predicted molar refractivity (Wildman–Crippen MR) is 98.0 cm³/mol. The van der Waals surface area contributed by atoms with Gasteiger partial charge in [0.2, 0.25) is 5.75 Å². The number of carbonyl (C=O) groups is 1. The molecule has 2 aromatic carbocycles. The number of amides is 2. The first-order chi connectivity index (χ1) is 12.4. The van der Waals surface area contributed by atoms with E-state index in [0.717, 1.165) is 0 Å². The molecule has 26 heavy (non-hydrogen) atoms. The van der Waals surface area contributed by atoms with Crippen LogP contribution in [0.2, 0.25) is 5.02 Å². The van der Waals surface area contributed by atoms with E-state index in [1.165, 1.54) is 45.4 Å². The van der Waals surface area contributed by atoms with Crippen LogP contribution in [0.1, 0.15) is 5.56 Å². The zero-order chi connectivity index (χ0) is 19.3. The molecule has 0 aromatic heterocycles. The number of carbonyl (C=O) groups excluding carboxylic acids is 1. The minimum atomic E-state index is -0.468. The highest BCUT2D eigenvalue weighted by Gasteiger charge is 2.17. The number of halogens is 2. The van der Waals surface area contributed by atoms with Gasteiger partial charge >= 0.3 is 6.03 Å². The number of rotatable bonds is 6. The number of nitrogens with zero attached hydrogens (tertiary/aromatic N) is 1. The molecule has 0 fully saturated rings. The number of methoxy groups -OCH3 is 3. The summed E-state index contributed by atoms with van der Waals surface area (Å²) in [6, 6.07) is 7.14. The summed E-state index contributed by atoms with van der Waals surface area (Å²) in [6.07, 6.45) is 0. The highest BCUT2D eigenvalue weighted by atomic mass is 35.5. The molecule has 0 unspecified atom stereocenters. The number of hydrogen-bond donors (Lipinski definition) is 1. The van der Waals surface area contributed by atoms with Crippen molar-refractivity contribution in [3.63, 3.8) is 0 Å². The van der Waals surface area contributed by atoms with Gasteiger partial charge in [-0.2, -0.15) is 0 Å². The number of ether oxygens (including phenoxy) is 3. The lowest BCUT2D eigenvalue weighted by Crippen LogP contribution is -2.31. The molecule has 0 bridgehead atoms. The molecule has 2 amide bonds. The van der Waals surface area contributed by atoms with Crippen molar-refractivity contribution in [3.05, 3.63) is 46.7 Å². The van der Waals surface area contributed by atoms with Crippen molar-refractivity contribution < 1.29 is 23.4 Å². The maximum absolute atomic E-state index is 13.9. The van der Waals surface area contributed by atoms with Gasteiger partial charge in [0, 0.05) is 29.8 Å². The molecule has 0 atom stereocenters. The molecule has 2 aromatic rings. The number of benzene rings is 2. The van der Waals surface area contributed by atoms with E-state index in [1.807, 2.05) is 0 Å². The molecule has 6 nitrogen and oxygen atoms in total. The fraction of sp³-hybridized carbons (Fsp3) is 0.278. The first kappa shape index (κ1) is 19.7. The van der Waals surface area contributed by atoms with Gasteiger partial charge in [-0.25, -0.2) is 9.18 Å². The third-order valence-electron chi connectivity index (χ3n) is 3.72. The molecule has 2 rings (SSSR count). The quantitative estimate of drug-likeness (QED) is 0.814. The Morgan fingerprint density at radius 3 is 2.27 bits per heavy atom. The van der Waals surface area contributed by atoms with Crippen LogP contribution in [0.3, 0.4) is 0 Å². The maximum Gasteiger partial charge on any atom is 0.321 e. The Labute approximate surface area is 156 Å². The molecule has 0 aliphatic rings. The smallest absolute Gasteiger partial charge is 0.321 e. The summed E-state index contributed by atoms with van der Waals surface area (Å²) in [5.74, 6) is 0.758. The van der Waals surface area contributed by atoms with Crippen molar-refractivity contribution in [2.45, 2.75) is 6.54 Å². The van der Waals surface area contributed by atoms with E-state index in [-0.39, 0.29) is 17.1 Å². The Morgan fingerprint density at radius 2 is 1.77 bits per heavy atom. The largest absolute Gasteiger partial charge is 0.493 e. The Balaban J connectivity index is 2.18. The van der Waals surface area contributed by atoms with Crippen LogP contribution in [0, 0.1) is 5.82 Å². The van der Waals surface area contributed by atoms with E-state index in [9.17, 15) is 9.18 Å². The van der Waals surface area contributed by atoms with Gasteiger partial charge in [0.15, 0.2) is 11.5 Å². The van der Waals surface area contributed by atoms with Gasteiger partial charge in [-0.15, -0.1) is 0 Å². The average molecular weight is 383 g/mol. The summed E-state index contributed by atoms with van der Waals surface area (Å²) >= 11 is 6.01. The SMILES string of the molecule is COc1cc(NC(=O)N(C)Cc2c(F)cccc2Cl)cc(OC)c1OC. The van der Waals surface area contributed by atoms with E-state index in [0.29, 0.717) is 22.9 Å². The van der Waals surface area contributed by atoms with Crippen molar-refractivity contribution in [1.82, 2.24) is 4.90 Å². The number of nitrogens with one attached hydrogen (secondary N) is 1. The normalized spacial score (nSPS) is 10.2. The summed E-state index contributed by atoms with van der Waals surface area (Å²) in [6.45, 7) is 0.0156. The number of anilines is 1. The molecule has 0 aliphatic carbocycles. The topological polar surface area (TPSA) is 60.0 Å². The molecule has 0 heterocycles. The summed E-state index contributed by atoms with van der Waals surface area (Å²) < 4.78 is 29.6. The van der Waals surface area contributed by atoms with Crippen LogP contribution in [0.4, 0.5) is 14.9 Å². The number of hydrogen-bond acceptors (Lipinski definition) is 4. The average Bonchev–Trinajstić information content (AvgIpc) is 2.63. The predicted octanol–water partition coefficient (Wildman–Crippen LogP) is 4.17. The molecule has 0 saturated carbocycles. The first-order valence-electron chi connectivity index (χ1n) is 7.66. The maximum atomic E-state index is 13.9. The molecular weight excluding hydrogens is 363 g/mol. The summed E-state index contributed by atoms with van der Waals surface area (Å²) in [4.78, 5) is 13.7. The summed E-state index contributed by atoms with van der Waals surface area (Å²) in [7, 11) is 5.99. The van der Waals surface area contributed by atoms with Gasteiger partial charge in [-0.05, 0) is 12.1 Å². The van der Waals surface area contributed by atoms with Crippen LogP contribution < -0.4 is 19.5 Å². The van der Waals surface area contributed by atoms with Gasteiger partial charge in [0.05, 0.1) is 33.6 Å². The Kier molecular flexibility index (Phi) is 6.52. The zero-order valence-corrected chi connectivity index (χ0v) is 15.7. The van der Waals surface area contributed by atoms with Crippen LogP contribution in [0.15, 0.2) is 30.3 Å². The van der Waals surface area contributed by atoms with E-state index in [2.05, 4.69) is 5.32 Å². The monoisotopic (exact) mass is 382 g/mol. The molecule has 8 heteroatoms. The molecule has 140 valence electrons. The molecule has 0 radical (unpaired) electrons. The van der Waals surface area contributed by atoms with Crippen LogP contribution in [-0.4, -0.2) is 39.3 Å². The molecule has 0 saturated heterocycles. The van der Waals surface area contributed by atoms with E-state index in [4.69, 9.17) is 25.8 Å². The van der Waals surface area contributed by atoms with Gasteiger partial charge in [0.1, 0.15) is 5.82 Å². The second kappa shape index (κ2) is 8.62. The lowest BCUT2D eigenvalue weighted by molar-refractivity contribution is 0.220. The van der Waals surface area contributed by atoms with E-state index < -0.39 is 11.8 Å². The van der Waals surface area contributed by atoms with Crippen molar-refractivity contribution in [2.75, 3.05) is 33.7 Å². The van der Waals surface area contributed by atoms with E-state index >= 15 is 0 Å². The van der Waals surface area contributed by atoms with Crippen LogP contribution in [0.25, 0.3) is 0 Å². The molecule has 1 N–H and O–H groups in total. The molecular formula is C18H20ClFN2O4.